The topological polar surface area (TPSA) is 54.7 Å². The Labute approximate surface area is 181 Å². The second-order valence-corrected chi connectivity index (χ2v) is 8.31. The number of carbonyl (C=O) groups is 1. The summed E-state index contributed by atoms with van der Waals surface area (Å²) >= 11 is 6.49. The average molecular weight is 427 g/mol. The Kier molecular flexibility index (Phi) is 6.14. The average Bonchev–Trinajstić information content (AvgIpc) is 3.06. The van der Waals surface area contributed by atoms with Gasteiger partial charge in [0.05, 0.1) is 19.3 Å². The van der Waals surface area contributed by atoms with Gasteiger partial charge < -0.3 is 14.5 Å². The highest BCUT2D eigenvalue weighted by Crippen LogP contribution is 2.30. The first-order valence-corrected chi connectivity index (χ1v) is 10.7. The van der Waals surface area contributed by atoms with E-state index in [4.69, 9.17) is 20.8 Å². The van der Waals surface area contributed by atoms with Gasteiger partial charge in [0.15, 0.2) is 5.76 Å². The Balaban J connectivity index is 1.58. The number of halogens is 1. The normalized spacial score (nSPS) is 16.0. The number of furan rings is 1. The minimum absolute atomic E-state index is 0.0276. The molecule has 158 valence electrons. The molecule has 2 aromatic carbocycles. The van der Waals surface area contributed by atoms with Crippen LogP contribution in [0.25, 0.3) is 11.0 Å². The summed E-state index contributed by atoms with van der Waals surface area (Å²) in [5.41, 5.74) is 4.88. The Morgan fingerprint density at radius 2 is 1.90 bits per heavy atom. The van der Waals surface area contributed by atoms with E-state index in [1.807, 2.05) is 51.1 Å². The van der Waals surface area contributed by atoms with Crippen LogP contribution in [0.1, 0.15) is 38.9 Å². The molecule has 2 heterocycles. The molecule has 1 saturated heterocycles. The largest absolute Gasteiger partial charge is 0.451 e. The summed E-state index contributed by atoms with van der Waals surface area (Å²) in [5.74, 6) is 0.171. The van der Waals surface area contributed by atoms with Crippen LogP contribution >= 0.6 is 11.6 Å². The van der Waals surface area contributed by atoms with Gasteiger partial charge in [0, 0.05) is 35.6 Å². The maximum absolute atomic E-state index is 13.1. The van der Waals surface area contributed by atoms with Crippen molar-refractivity contribution < 1.29 is 13.9 Å². The summed E-state index contributed by atoms with van der Waals surface area (Å²) in [7, 11) is 0. The molecule has 5 nitrogen and oxygen atoms in total. The molecule has 4 rings (SSSR count). The molecule has 1 atom stereocenters. The van der Waals surface area contributed by atoms with Crippen molar-refractivity contribution >= 4 is 28.5 Å². The molecule has 1 aromatic heterocycles. The first kappa shape index (κ1) is 20.9. The predicted octanol–water partition coefficient (Wildman–Crippen LogP) is 4.81. The number of nitrogens with zero attached hydrogens (tertiary/aromatic N) is 1. The summed E-state index contributed by atoms with van der Waals surface area (Å²) in [4.78, 5) is 15.4. The molecule has 1 aliphatic heterocycles. The molecular formula is C24H27ClN2O3. The van der Waals surface area contributed by atoms with Gasteiger partial charge in [-0.2, -0.15) is 0 Å². The molecule has 1 aliphatic rings. The first-order chi connectivity index (χ1) is 14.5. The number of nitrogens with one attached hydrogen (secondary N) is 1. The first-order valence-electron chi connectivity index (χ1n) is 10.3. The molecule has 0 unspecified atom stereocenters. The van der Waals surface area contributed by atoms with Crippen molar-refractivity contribution in [1.29, 1.82) is 0 Å². The highest BCUT2D eigenvalue weighted by Gasteiger charge is 2.26. The Bertz CT molecular complexity index is 1070. The van der Waals surface area contributed by atoms with Crippen LogP contribution in [0.2, 0.25) is 5.02 Å². The van der Waals surface area contributed by atoms with Crippen molar-refractivity contribution in [2.45, 2.75) is 26.8 Å². The summed E-state index contributed by atoms with van der Waals surface area (Å²) in [6.07, 6.45) is 0. The number of amides is 1. The molecule has 0 spiro atoms. The van der Waals surface area contributed by atoms with Crippen molar-refractivity contribution in [2.75, 3.05) is 32.8 Å². The zero-order chi connectivity index (χ0) is 21.3. The van der Waals surface area contributed by atoms with Gasteiger partial charge in [-0.15, -0.1) is 0 Å². The number of morpholine rings is 1. The van der Waals surface area contributed by atoms with Crippen molar-refractivity contribution in [3.63, 3.8) is 0 Å². The SMILES string of the molecule is Cc1cc(C)c2c(C)c(C(=O)NC[C@@H](c3ccccc3Cl)N3CCOCC3)oc2c1. The lowest BCUT2D eigenvalue weighted by Gasteiger charge is -2.35. The van der Waals surface area contributed by atoms with E-state index in [-0.39, 0.29) is 11.9 Å². The van der Waals surface area contributed by atoms with Crippen LogP contribution in [0.4, 0.5) is 0 Å². The fraction of sp³-hybridized carbons (Fsp3) is 0.375. The minimum atomic E-state index is -0.203. The van der Waals surface area contributed by atoms with Crippen LogP contribution in [0.3, 0.4) is 0 Å². The van der Waals surface area contributed by atoms with E-state index in [0.29, 0.717) is 30.5 Å². The number of hydrogen-bond acceptors (Lipinski definition) is 4. The number of hydrogen-bond donors (Lipinski definition) is 1. The van der Waals surface area contributed by atoms with Gasteiger partial charge in [0.25, 0.3) is 5.91 Å². The van der Waals surface area contributed by atoms with E-state index >= 15 is 0 Å². The zero-order valence-electron chi connectivity index (χ0n) is 17.6. The lowest BCUT2D eigenvalue weighted by molar-refractivity contribution is 0.0162. The van der Waals surface area contributed by atoms with Crippen LogP contribution in [0, 0.1) is 20.8 Å². The van der Waals surface area contributed by atoms with Crippen molar-refractivity contribution in [2.24, 2.45) is 0 Å². The van der Waals surface area contributed by atoms with Crippen molar-refractivity contribution in [3.8, 4) is 0 Å². The van der Waals surface area contributed by atoms with E-state index in [9.17, 15) is 4.79 Å². The number of benzene rings is 2. The number of carbonyl (C=O) groups excluding carboxylic acids is 1. The number of aryl methyl sites for hydroxylation is 3. The fourth-order valence-electron chi connectivity index (χ4n) is 4.35. The molecule has 0 saturated carbocycles. The molecule has 1 N–H and O–H groups in total. The lowest BCUT2D eigenvalue weighted by atomic mass is 10.0. The Morgan fingerprint density at radius 3 is 2.63 bits per heavy atom. The van der Waals surface area contributed by atoms with Crippen LogP contribution in [0.5, 0.6) is 0 Å². The van der Waals surface area contributed by atoms with Crippen LogP contribution in [-0.2, 0) is 4.74 Å². The third kappa shape index (κ3) is 4.10. The lowest BCUT2D eigenvalue weighted by Crippen LogP contribution is -2.44. The molecule has 0 aliphatic carbocycles. The molecule has 0 radical (unpaired) electrons. The maximum Gasteiger partial charge on any atom is 0.287 e. The zero-order valence-corrected chi connectivity index (χ0v) is 18.4. The summed E-state index contributed by atoms with van der Waals surface area (Å²) in [5, 5.41) is 4.80. The van der Waals surface area contributed by atoms with E-state index in [1.165, 1.54) is 0 Å². The van der Waals surface area contributed by atoms with Gasteiger partial charge in [0.2, 0.25) is 0 Å². The van der Waals surface area contributed by atoms with E-state index in [1.54, 1.807) is 0 Å². The van der Waals surface area contributed by atoms with Gasteiger partial charge in [-0.3, -0.25) is 9.69 Å². The van der Waals surface area contributed by atoms with E-state index in [2.05, 4.69) is 16.3 Å². The summed E-state index contributed by atoms with van der Waals surface area (Å²) in [6, 6.07) is 11.9. The minimum Gasteiger partial charge on any atom is -0.451 e. The van der Waals surface area contributed by atoms with Crippen LogP contribution in [0.15, 0.2) is 40.8 Å². The van der Waals surface area contributed by atoms with E-state index < -0.39 is 0 Å². The molecule has 1 fully saturated rings. The summed E-state index contributed by atoms with van der Waals surface area (Å²) < 4.78 is 11.5. The van der Waals surface area contributed by atoms with E-state index in [0.717, 1.165) is 46.3 Å². The third-order valence-corrected chi connectivity index (χ3v) is 6.13. The van der Waals surface area contributed by atoms with Crippen molar-refractivity contribution in [3.05, 3.63) is 69.4 Å². The second kappa shape index (κ2) is 8.80. The third-order valence-electron chi connectivity index (χ3n) is 5.78. The highest BCUT2D eigenvalue weighted by molar-refractivity contribution is 6.31. The second-order valence-electron chi connectivity index (χ2n) is 7.91. The number of fused-ring (bicyclic) bond motifs is 1. The van der Waals surface area contributed by atoms with Gasteiger partial charge >= 0.3 is 0 Å². The Hall–Kier alpha value is -2.34. The quantitative estimate of drug-likeness (QED) is 0.635. The van der Waals surface area contributed by atoms with Crippen molar-refractivity contribution in [1.82, 2.24) is 10.2 Å². The molecular weight excluding hydrogens is 400 g/mol. The van der Waals surface area contributed by atoms with Gasteiger partial charge in [-0.05, 0) is 49.6 Å². The number of ether oxygens (including phenoxy) is 1. The summed E-state index contributed by atoms with van der Waals surface area (Å²) in [6.45, 7) is 9.41. The molecule has 6 heteroatoms. The van der Waals surface area contributed by atoms with Crippen LogP contribution in [-0.4, -0.2) is 43.7 Å². The monoisotopic (exact) mass is 426 g/mol. The highest BCUT2D eigenvalue weighted by atomic mass is 35.5. The van der Waals surface area contributed by atoms with Gasteiger partial charge in [-0.25, -0.2) is 0 Å². The standard InChI is InChI=1S/C24H27ClN2O3/c1-15-12-16(2)22-17(3)23(30-21(22)13-15)24(28)26-14-20(27-8-10-29-11-9-27)18-6-4-5-7-19(18)25/h4-7,12-13,20H,8-11,14H2,1-3H3,(H,26,28)/t20-/m0/s1. The Morgan fingerprint density at radius 1 is 1.17 bits per heavy atom. The maximum atomic E-state index is 13.1. The fourth-order valence-corrected chi connectivity index (χ4v) is 4.61. The van der Waals surface area contributed by atoms with Gasteiger partial charge in [-0.1, -0.05) is 35.9 Å². The molecule has 0 bridgehead atoms. The molecule has 1 amide bonds. The smallest absolute Gasteiger partial charge is 0.287 e. The van der Waals surface area contributed by atoms with Gasteiger partial charge in [0.1, 0.15) is 5.58 Å². The predicted molar refractivity (Wildman–Crippen MR) is 119 cm³/mol. The van der Waals surface area contributed by atoms with Crippen LogP contribution < -0.4 is 5.32 Å². The molecule has 30 heavy (non-hydrogen) atoms. The molecule has 3 aromatic rings. The number of rotatable bonds is 5.